The first-order valence-electron chi connectivity index (χ1n) is 6.14. The number of carboxylic acid groups (broad SMARTS) is 2. The van der Waals surface area contributed by atoms with Crippen molar-refractivity contribution in [3.63, 3.8) is 0 Å². The van der Waals surface area contributed by atoms with Crippen molar-refractivity contribution in [3.05, 3.63) is 29.3 Å². The van der Waals surface area contributed by atoms with Crippen molar-refractivity contribution < 1.29 is 33.0 Å². The van der Waals surface area contributed by atoms with Gasteiger partial charge in [-0.3, -0.25) is 4.72 Å². The topological polar surface area (TPSA) is 142 Å². The highest BCUT2D eigenvalue weighted by atomic mass is 32.2. The highest BCUT2D eigenvalue weighted by molar-refractivity contribution is 7.90. The van der Waals surface area contributed by atoms with Crippen LogP contribution in [-0.4, -0.2) is 50.8 Å². The van der Waals surface area contributed by atoms with Gasteiger partial charge < -0.3 is 14.9 Å². The Morgan fingerprint density at radius 2 is 1.82 bits per heavy atom. The molecule has 0 saturated heterocycles. The lowest BCUT2D eigenvalue weighted by Gasteiger charge is -2.10. The molecule has 0 aromatic heterocycles. The number of rotatable bonds is 9. The van der Waals surface area contributed by atoms with Crippen LogP contribution in [0.25, 0.3) is 0 Å². The molecule has 1 rings (SSSR count). The predicted molar refractivity (Wildman–Crippen MR) is 77.4 cm³/mol. The Morgan fingerprint density at radius 3 is 2.36 bits per heavy atom. The predicted octanol–water partition coefficient (Wildman–Crippen LogP) is 0.366. The molecule has 0 unspecified atom stereocenters. The number of hydrogen-bond donors (Lipinski definition) is 4. The maximum absolute atomic E-state index is 11.7. The maximum Gasteiger partial charge on any atom is 0.336 e. The second kappa shape index (κ2) is 7.73. The summed E-state index contributed by atoms with van der Waals surface area (Å²) in [5, 5.41) is 17.8. The third-order valence-corrected chi connectivity index (χ3v) is 3.64. The van der Waals surface area contributed by atoms with Crippen molar-refractivity contribution in [2.24, 2.45) is 0 Å². The van der Waals surface area contributed by atoms with Gasteiger partial charge in [0.25, 0.3) is 10.2 Å². The van der Waals surface area contributed by atoms with Gasteiger partial charge in [-0.25, -0.2) is 9.59 Å². The summed E-state index contributed by atoms with van der Waals surface area (Å²) in [6.07, 6.45) is 0.468. The molecule has 1 aromatic carbocycles. The van der Waals surface area contributed by atoms with E-state index in [1.54, 1.807) is 0 Å². The number of methoxy groups -OCH3 is 1. The SMILES string of the molecule is COCCCNS(=O)(=O)Nc1ccc(C(=O)O)c(C(=O)O)c1. The van der Waals surface area contributed by atoms with Crippen LogP contribution in [0.3, 0.4) is 0 Å². The minimum Gasteiger partial charge on any atom is -0.478 e. The molecular weight excluding hydrogens is 316 g/mol. The van der Waals surface area contributed by atoms with Crippen LogP contribution >= 0.6 is 0 Å². The van der Waals surface area contributed by atoms with E-state index >= 15 is 0 Å². The van der Waals surface area contributed by atoms with Gasteiger partial charge in [0.05, 0.1) is 16.8 Å². The molecule has 22 heavy (non-hydrogen) atoms. The van der Waals surface area contributed by atoms with E-state index in [1.165, 1.54) is 13.2 Å². The minimum absolute atomic E-state index is 0.0540. The molecule has 122 valence electrons. The average molecular weight is 332 g/mol. The Labute approximate surface area is 127 Å². The Bertz CT molecular complexity index is 657. The third kappa shape index (κ3) is 5.31. The molecule has 0 aliphatic carbocycles. The summed E-state index contributed by atoms with van der Waals surface area (Å²) in [5.74, 6) is -2.88. The fraction of sp³-hybridized carbons (Fsp3) is 0.333. The van der Waals surface area contributed by atoms with Crippen LogP contribution in [-0.2, 0) is 14.9 Å². The van der Waals surface area contributed by atoms with Crippen LogP contribution in [0.15, 0.2) is 18.2 Å². The Morgan fingerprint density at radius 1 is 1.18 bits per heavy atom. The van der Waals surface area contributed by atoms with Crippen LogP contribution in [0.2, 0.25) is 0 Å². The van der Waals surface area contributed by atoms with E-state index in [0.717, 1.165) is 12.1 Å². The summed E-state index contributed by atoms with van der Waals surface area (Å²) in [7, 11) is -2.40. The summed E-state index contributed by atoms with van der Waals surface area (Å²) in [6.45, 7) is 0.529. The number of aromatic carboxylic acids is 2. The van der Waals surface area contributed by atoms with Crippen LogP contribution < -0.4 is 9.44 Å². The zero-order valence-corrected chi connectivity index (χ0v) is 12.5. The Kier molecular flexibility index (Phi) is 6.28. The van der Waals surface area contributed by atoms with Crippen LogP contribution in [0.4, 0.5) is 5.69 Å². The number of ether oxygens (including phenoxy) is 1. The molecule has 1 aromatic rings. The Hall–Kier alpha value is -2.17. The average Bonchev–Trinajstić information content (AvgIpc) is 2.42. The van der Waals surface area contributed by atoms with E-state index in [-0.39, 0.29) is 12.2 Å². The van der Waals surface area contributed by atoms with Gasteiger partial charge in [-0.15, -0.1) is 0 Å². The number of anilines is 1. The number of nitrogens with one attached hydrogen (secondary N) is 2. The quantitative estimate of drug-likeness (QED) is 0.478. The third-order valence-electron chi connectivity index (χ3n) is 2.55. The molecule has 0 saturated carbocycles. The summed E-state index contributed by atoms with van der Waals surface area (Å²) in [4.78, 5) is 21.9. The monoisotopic (exact) mass is 332 g/mol. The van der Waals surface area contributed by atoms with Gasteiger partial charge >= 0.3 is 11.9 Å². The van der Waals surface area contributed by atoms with Gasteiger partial charge in [0.15, 0.2) is 0 Å². The molecule has 0 aliphatic heterocycles. The molecular formula is C12H16N2O7S. The number of carbonyl (C=O) groups is 2. The molecule has 4 N–H and O–H groups in total. The normalized spacial score (nSPS) is 11.1. The Balaban J connectivity index is 2.87. The lowest BCUT2D eigenvalue weighted by Crippen LogP contribution is -2.31. The van der Waals surface area contributed by atoms with Gasteiger partial charge in [0, 0.05) is 20.3 Å². The van der Waals surface area contributed by atoms with E-state index in [2.05, 4.69) is 9.44 Å². The molecule has 0 bridgehead atoms. The molecule has 0 aliphatic rings. The highest BCUT2D eigenvalue weighted by Crippen LogP contribution is 2.17. The molecule has 0 spiro atoms. The highest BCUT2D eigenvalue weighted by Gasteiger charge is 2.18. The van der Waals surface area contributed by atoms with Gasteiger partial charge in [0.2, 0.25) is 0 Å². The van der Waals surface area contributed by atoms with Crippen molar-refractivity contribution in [1.82, 2.24) is 4.72 Å². The zero-order valence-electron chi connectivity index (χ0n) is 11.7. The van der Waals surface area contributed by atoms with E-state index in [4.69, 9.17) is 14.9 Å². The van der Waals surface area contributed by atoms with Crippen molar-refractivity contribution in [2.75, 3.05) is 25.0 Å². The van der Waals surface area contributed by atoms with Crippen LogP contribution in [0.1, 0.15) is 27.1 Å². The van der Waals surface area contributed by atoms with Crippen molar-refractivity contribution in [1.29, 1.82) is 0 Å². The second-order valence-corrected chi connectivity index (χ2v) is 5.72. The fourth-order valence-electron chi connectivity index (χ4n) is 1.59. The number of hydrogen-bond acceptors (Lipinski definition) is 5. The van der Waals surface area contributed by atoms with Gasteiger partial charge in [-0.2, -0.15) is 13.1 Å². The molecule has 0 amide bonds. The maximum atomic E-state index is 11.7. The summed E-state index contributed by atoms with van der Waals surface area (Å²) >= 11 is 0. The van der Waals surface area contributed by atoms with Crippen molar-refractivity contribution >= 4 is 27.8 Å². The molecule has 10 heteroatoms. The van der Waals surface area contributed by atoms with E-state index in [9.17, 15) is 18.0 Å². The molecule has 0 heterocycles. The standard InChI is InChI=1S/C12H16N2O7S/c1-21-6-2-5-13-22(19,20)14-8-3-4-9(11(15)16)10(7-8)12(17)18/h3-4,7,13-14H,2,5-6H2,1H3,(H,15,16)(H,17,18). The lowest BCUT2D eigenvalue weighted by atomic mass is 10.1. The first kappa shape index (κ1) is 17.9. The second-order valence-electron chi connectivity index (χ2n) is 4.22. The number of benzene rings is 1. The lowest BCUT2D eigenvalue weighted by molar-refractivity contribution is 0.0651. The van der Waals surface area contributed by atoms with Crippen LogP contribution in [0.5, 0.6) is 0 Å². The summed E-state index contributed by atoms with van der Waals surface area (Å²) < 4.78 is 32.6. The van der Waals surface area contributed by atoms with E-state index in [0.29, 0.717) is 13.0 Å². The first-order valence-corrected chi connectivity index (χ1v) is 7.62. The van der Waals surface area contributed by atoms with Gasteiger partial charge in [-0.1, -0.05) is 0 Å². The fourth-order valence-corrected chi connectivity index (χ4v) is 2.51. The molecule has 0 atom stereocenters. The first-order chi connectivity index (χ1) is 10.3. The summed E-state index contributed by atoms with van der Waals surface area (Å²) in [6, 6.07) is 3.14. The number of carboxylic acids is 2. The minimum atomic E-state index is -3.89. The largest absolute Gasteiger partial charge is 0.478 e. The van der Waals surface area contributed by atoms with E-state index < -0.39 is 33.3 Å². The molecule has 9 nitrogen and oxygen atoms in total. The van der Waals surface area contributed by atoms with Crippen molar-refractivity contribution in [3.8, 4) is 0 Å². The van der Waals surface area contributed by atoms with Crippen molar-refractivity contribution in [2.45, 2.75) is 6.42 Å². The van der Waals surface area contributed by atoms with E-state index in [1.807, 2.05) is 0 Å². The smallest absolute Gasteiger partial charge is 0.336 e. The van der Waals surface area contributed by atoms with Crippen LogP contribution in [0, 0.1) is 0 Å². The summed E-state index contributed by atoms with van der Waals surface area (Å²) in [5.41, 5.74) is -0.989. The molecule has 0 fully saturated rings. The van der Waals surface area contributed by atoms with Gasteiger partial charge in [0.1, 0.15) is 0 Å². The van der Waals surface area contributed by atoms with Gasteiger partial charge in [-0.05, 0) is 24.6 Å². The zero-order chi connectivity index (χ0) is 16.8. The molecule has 0 radical (unpaired) electrons.